The van der Waals surface area contributed by atoms with Crippen LogP contribution in [0.2, 0.25) is 0 Å². The van der Waals surface area contributed by atoms with Crippen LogP contribution in [-0.4, -0.2) is 11.7 Å². The SMILES string of the molecule is CCCC1CCCC(C(=O)Nc2ccc(C)cc2)C1=O. The summed E-state index contributed by atoms with van der Waals surface area (Å²) in [4.78, 5) is 24.6. The molecule has 1 aliphatic carbocycles. The van der Waals surface area contributed by atoms with Crippen molar-refractivity contribution in [3.63, 3.8) is 0 Å². The molecule has 1 aromatic carbocycles. The molecule has 1 N–H and O–H groups in total. The number of Topliss-reactive ketones (excluding diaryl/α,β-unsaturated/α-hetero) is 1. The maximum absolute atomic E-state index is 12.3. The number of aryl methyl sites for hydroxylation is 1. The van der Waals surface area contributed by atoms with Crippen LogP contribution < -0.4 is 5.32 Å². The zero-order chi connectivity index (χ0) is 14.5. The van der Waals surface area contributed by atoms with Gasteiger partial charge in [0.1, 0.15) is 5.78 Å². The molecule has 1 saturated carbocycles. The van der Waals surface area contributed by atoms with Gasteiger partial charge in [-0.15, -0.1) is 0 Å². The third-order valence-corrected chi connectivity index (χ3v) is 4.06. The van der Waals surface area contributed by atoms with E-state index in [4.69, 9.17) is 0 Å². The monoisotopic (exact) mass is 273 g/mol. The van der Waals surface area contributed by atoms with E-state index in [0.29, 0.717) is 6.42 Å². The Bertz CT molecular complexity index is 476. The third kappa shape index (κ3) is 3.47. The average Bonchev–Trinajstić information content (AvgIpc) is 2.44. The molecule has 3 heteroatoms. The highest BCUT2D eigenvalue weighted by molar-refractivity contribution is 6.08. The average molecular weight is 273 g/mol. The van der Waals surface area contributed by atoms with Crippen LogP contribution in [0, 0.1) is 18.8 Å². The molecule has 1 fully saturated rings. The first kappa shape index (κ1) is 14.8. The van der Waals surface area contributed by atoms with E-state index < -0.39 is 5.92 Å². The highest BCUT2D eigenvalue weighted by Crippen LogP contribution is 2.29. The van der Waals surface area contributed by atoms with E-state index in [1.165, 1.54) is 0 Å². The van der Waals surface area contributed by atoms with Crippen LogP contribution in [0.1, 0.15) is 44.6 Å². The molecule has 108 valence electrons. The number of hydrogen-bond acceptors (Lipinski definition) is 2. The molecule has 1 aliphatic rings. The molecule has 0 radical (unpaired) electrons. The number of anilines is 1. The van der Waals surface area contributed by atoms with E-state index in [0.717, 1.165) is 36.9 Å². The molecule has 1 amide bonds. The largest absolute Gasteiger partial charge is 0.325 e. The maximum atomic E-state index is 12.3. The van der Waals surface area contributed by atoms with Crippen molar-refractivity contribution in [2.24, 2.45) is 11.8 Å². The minimum Gasteiger partial charge on any atom is -0.325 e. The highest BCUT2D eigenvalue weighted by Gasteiger charge is 2.35. The van der Waals surface area contributed by atoms with Crippen LogP contribution >= 0.6 is 0 Å². The Morgan fingerprint density at radius 1 is 1.25 bits per heavy atom. The Morgan fingerprint density at radius 2 is 1.95 bits per heavy atom. The molecule has 2 atom stereocenters. The van der Waals surface area contributed by atoms with Crippen molar-refractivity contribution >= 4 is 17.4 Å². The summed E-state index contributed by atoms with van der Waals surface area (Å²) in [5.74, 6) is -0.369. The van der Waals surface area contributed by atoms with E-state index in [2.05, 4.69) is 12.2 Å². The Hall–Kier alpha value is -1.64. The molecule has 3 nitrogen and oxygen atoms in total. The third-order valence-electron chi connectivity index (χ3n) is 4.06. The minimum atomic E-state index is -0.457. The highest BCUT2D eigenvalue weighted by atomic mass is 16.2. The standard InChI is InChI=1S/C17H23NO2/c1-3-5-13-6-4-7-15(16(13)19)17(20)18-14-10-8-12(2)9-11-14/h8-11,13,15H,3-7H2,1-2H3,(H,18,20). The second-order valence-electron chi connectivity index (χ2n) is 5.73. The van der Waals surface area contributed by atoms with Crippen molar-refractivity contribution in [2.45, 2.75) is 46.0 Å². The minimum absolute atomic E-state index is 0.0857. The van der Waals surface area contributed by atoms with Gasteiger partial charge in [0.2, 0.25) is 5.91 Å². The first-order valence-corrected chi connectivity index (χ1v) is 7.53. The van der Waals surface area contributed by atoms with Gasteiger partial charge in [0.05, 0.1) is 5.92 Å². The molecule has 0 saturated heterocycles. The fourth-order valence-electron chi connectivity index (χ4n) is 2.90. The van der Waals surface area contributed by atoms with Gasteiger partial charge in [-0.1, -0.05) is 37.5 Å². The molecule has 2 unspecified atom stereocenters. The summed E-state index contributed by atoms with van der Waals surface area (Å²) < 4.78 is 0. The molecule has 0 heterocycles. The van der Waals surface area contributed by atoms with Gasteiger partial charge in [-0.25, -0.2) is 0 Å². The smallest absolute Gasteiger partial charge is 0.234 e. The lowest BCUT2D eigenvalue weighted by Crippen LogP contribution is -2.37. The summed E-state index contributed by atoms with van der Waals surface area (Å²) in [7, 11) is 0. The predicted octanol–water partition coefficient (Wildman–Crippen LogP) is 3.72. The summed E-state index contributed by atoms with van der Waals surface area (Å²) in [6.45, 7) is 4.09. The van der Waals surface area contributed by atoms with Crippen molar-refractivity contribution in [3.8, 4) is 0 Å². The zero-order valence-electron chi connectivity index (χ0n) is 12.3. The van der Waals surface area contributed by atoms with Crippen LogP contribution in [0.3, 0.4) is 0 Å². The summed E-state index contributed by atoms with van der Waals surface area (Å²) in [6.07, 6.45) is 4.52. The lowest BCUT2D eigenvalue weighted by molar-refractivity contribution is -0.136. The fraction of sp³-hybridized carbons (Fsp3) is 0.529. The molecular formula is C17H23NO2. The number of hydrogen-bond donors (Lipinski definition) is 1. The second kappa shape index (κ2) is 6.69. The number of nitrogens with one attached hydrogen (secondary N) is 1. The van der Waals surface area contributed by atoms with E-state index in [1.807, 2.05) is 31.2 Å². The normalized spacial score (nSPS) is 22.6. The Labute approximate surface area is 120 Å². The van der Waals surface area contributed by atoms with Crippen LogP contribution in [0.25, 0.3) is 0 Å². The van der Waals surface area contributed by atoms with Crippen molar-refractivity contribution in [1.29, 1.82) is 0 Å². The summed E-state index contributed by atoms with van der Waals surface area (Å²) in [5.41, 5.74) is 1.92. The van der Waals surface area contributed by atoms with Gasteiger partial charge < -0.3 is 5.32 Å². The van der Waals surface area contributed by atoms with Gasteiger partial charge in [-0.3, -0.25) is 9.59 Å². The quantitative estimate of drug-likeness (QED) is 0.850. The van der Waals surface area contributed by atoms with E-state index in [1.54, 1.807) is 0 Å². The van der Waals surface area contributed by atoms with E-state index >= 15 is 0 Å². The topological polar surface area (TPSA) is 46.2 Å². The number of amides is 1. The van der Waals surface area contributed by atoms with Crippen LogP contribution in [0.15, 0.2) is 24.3 Å². The predicted molar refractivity (Wildman–Crippen MR) is 80.6 cm³/mol. The van der Waals surface area contributed by atoms with E-state index in [9.17, 15) is 9.59 Å². The van der Waals surface area contributed by atoms with Gasteiger partial charge in [-0.2, -0.15) is 0 Å². The molecule has 1 aromatic rings. The number of carbonyl (C=O) groups excluding carboxylic acids is 2. The summed E-state index contributed by atoms with van der Waals surface area (Å²) in [6, 6.07) is 7.67. The molecule has 2 rings (SSSR count). The number of rotatable bonds is 4. The summed E-state index contributed by atoms with van der Waals surface area (Å²) >= 11 is 0. The maximum Gasteiger partial charge on any atom is 0.234 e. The second-order valence-corrected chi connectivity index (χ2v) is 5.73. The number of benzene rings is 1. The van der Waals surface area contributed by atoms with Crippen LogP contribution in [0.4, 0.5) is 5.69 Å². The zero-order valence-corrected chi connectivity index (χ0v) is 12.3. The lowest BCUT2D eigenvalue weighted by atomic mass is 9.78. The van der Waals surface area contributed by atoms with Crippen LogP contribution in [0.5, 0.6) is 0 Å². The van der Waals surface area contributed by atoms with Crippen molar-refractivity contribution in [3.05, 3.63) is 29.8 Å². The van der Waals surface area contributed by atoms with Crippen molar-refractivity contribution in [1.82, 2.24) is 0 Å². The van der Waals surface area contributed by atoms with Gasteiger partial charge in [0.25, 0.3) is 0 Å². The number of ketones is 1. The Balaban J connectivity index is 2.01. The molecule has 0 aliphatic heterocycles. The lowest BCUT2D eigenvalue weighted by Gasteiger charge is -2.26. The Morgan fingerprint density at radius 3 is 2.60 bits per heavy atom. The Kier molecular flexibility index (Phi) is 4.94. The first-order chi connectivity index (χ1) is 9.61. The van der Waals surface area contributed by atoms with Crippen LogP contribution in [-0.2, 0) is 9.59 Å². The molecule has 0 spiro atoms. The van der Waals surface area contributed by atoms with Gasteiger partial charge in [-0.05, 0) is 38.3 Å². The van der Waals surface area contributed by atoms with Crippen molar-refractivity contribution < 1.29 is 9.59 Å². The van der Waals surface area contributed by atoms with Gasteiger partial charge in [0, 0.05) is 11.6 Å². The van der Waals surface area contributed by atoms with Gasteiger partial charge >= 0.3 is 0 Å². The molecule has 20 heavy (non-hydrogen) atoms. The number of carbonyl (C=O) groups is 2. The first-order valence-electron chi connectivity index (χ1n) is 7.53. The molecule has 0 bridgehead atoms. The summed E-state index contributed by atoms with van der Waals surface area (Å²) in [5, 5.41) is 2.87. The van der Waals surface area contributed by atoms with E-state index in [-0.39, 0.29) is 17.6 Å². The molecule has 0 aromatic heterocycles. The fourth-order valence-corrected chi connectivity index (χ4v) is 2.90. The van der Waals surface area contributed by atoms with Gasteiger partial charge in [0.15, 0.2) is 0 Å². The molecular weight excluding hydrogens is 250 g/mol. The van der Waals surface area contributed by atoms with Crippen molar-refractivity contribution in [2.75, 3.05) is 5.32 Å².